The predicted octanol–water partition coefficient (Wildman–Crippen LogP) is 0.0399. The predicted molar refractivity (Wildman–Crippen MR) is 50.9 cm³/mol. The van der Waals surface area contributed by atoms with Crippen molar-refractivity contribution >= 4 is 5.82 Å². The van der Waals surface area contributed by atoms with E-state index in [2.05, 4.69) is 15.3 Å². The number of anilines is 1. The van der Waals surface area contributed by atoms with Crippen molar-refractivity contribution in [2.24, 2.45) is 0 Å². The Kier molecular flexibility index (Phi) is 2.60. The summed E-state index contributed by atoms with van der Waals surface area (Å²) in [4.78, 5) is 7.96. The molecule has 1 aromatic rings. The van der Waals surface area contributed by atoms with Crippen LogP contribution in [0, 0.1) is 0 Å². The number of hydrogen-bond acceptors (Lipinski definition) is 5. The van der Waals surface area contributed by atoms with Crippen LogP contribution in [0.5, 0.6) is 0 Å². The van der Waals surface area contributed by atoms with Gasteiger partial charge in [-0.1, -0.05) is 0 Å². The van der Waals surface area contributed by atoms with E-state index in [1.807, 2.05) is 0 Å². The van der Waals surface area contributed by atoms with E-state index in [1.165, 1.54) is 0 Å². The van der Waals surface area contributed by atoms with E-state index >= 15 is 0 Å². The van der Waals surface area contributed by atoms with Gasteiger partial charge in [0.2, 0.25) is 0 Å². The van der Waals surface area contributed by atoms with Gasteiger partial charge in [-0.3, -0.25) is 4.98 Å². The SMILES string of the molecule is OC1(CNc2cnccn2)CCOC1. The molecule has 2 heterocycles. The second-order valence-corrected chi connectivity index (χ2v) is 3.47. The normalized spacial score (nSPS) is 26.4. The van der Waals surface area contributed by atoms with Crippen molar-refractivity contribution in [3.63, 3.8) is 0 Å². The van der Waals surface area contributed by atoms with Gasteiger partial charge < -0.3 is 15.2 Å². The van der Waals surface area contributed by atoms with E-state index in [1.54, 1.807) is 18.6 Å². The minimum Gasteiger partial charge on any atom is -0.386 e. The molecule has 0 amide bonds. The van der Waals surface area contributed by atoms with E-state index in [0.29, 0.717) is 32.0 Å². The van der Waals surface area contributed by atoms with Gasteiger partial charge in [0.05, 0.1) is 12.8 Å². The molecule has 1 unspecified atom stereocenters. The first kappa shape index (κ1) is 9.36. The Morgan fingerprint density at radius 2 is 2.50 bits per heavy atom. The highest BCUT2D eigenvalue weighted by atomic mass is 16.5. The van der Waals surface area contributed by atoms with Gasteiger partial charge in [-0.25, -0.2) is 4.98 Å². The lowest BCUT2D eigenvalue weighted by Gasteiger charge is -2.20. The summed E-state index contributed by atoms with van der Waals surface area (Å²) in [5.74, 6) is 0.674. The number of ether oxygens (including phenoxy) is 1. The second kappa shape index (κ2) is 3.89. The maximum Gasteiger partial charge on any atom is 0.144 e. The van der Waals surface area contributed by atoms with Crippen LogP contribution in [0.1, 0.15) is 6.42 Å². The molecule has 5 nitrogen and oxygen atoms in total. The Morgan fingerprint density at radius 1 is 1.57 bits per heavy atom. The Labute approximate surface area is 82.1 Å². The fourth-order valence-corrected chi connectivity index (χ4v) is 1.38. The van der Waals surface area contributed by atoms with E-state index in [9.17, 15) is 5.11 Å². The van der Waals surface area contributed by atoms with Crippen LogP contribution in [0.15, 0.2) is 18.6 Å². The number of aromatic nitrogens is 2. The smallest absolute Gasteiger partial charge is 0.144 e. The van der Waals surface area contributed by atoms with E-state index < -0.39 is 5.60 Å². The van der Waals surface area contributed by atoms with E-state index in [0.717, 1.165) is 0 Å². The second-order valence-electron chi connectivity index (χ2n) is 3.47. The third kappa shape index (κ3) is 2.18. The van der Waals surface area contributed by atoms with Crippen LogP contribution in [0.2, 0.25) is 0 Å². The Morgan fingerprint density at radius 3 is 3.14 bits per heavy atom. The summed E-state index contributed by atoms with van der Waals surface area (Å²) < 4.78 is 5.12. The lowest BCUT2D eigenvalue weighted by atomic mass is 10.0. The third-order valence-corrected chi connectivity index (χ3v) is 2.24. The molecule has 0 spiro atoms. The first-order valence-corrected chi connectivity index (χ1v) is 4.59. The van der Waals surface area contributed by atoms with Crippen molar-refractivity contribution < 1.29 is 9.84 Å². The van der Waals surface area contributed by atoms with Gasteiger partial charge in [-0.15, -0.1) is 0 Å². The van der Waals surface area contributed by atoms with Gasteiger partial charge in [-0.05, 0) is 0 Å². The van der Waals surface area contributed by atoms with Crippen molar-refractivity contribution in [2.45, 2.75) is 12.0 Å². The molecule has 2 N–H and O–H groups in total. The molecule has 0 radical (unpaired) electrons. The molecule has 5 heteroatoms. The summed E-state index contributed by atoms with van der Waals surface area (Å²) in [7, 11) is 0. The number of aliphatic hydroxyl groups is 1. The molecule has 1 atom stereocenters. The van der Waals surface area contributed by atoms with Gasteiger partial charge in [0.25, 0.3) is 0 Å². The molecule has 1 aliphatic heterocycles. The molecule has 14 heavy (non-hydrogen) atoms. The number of nitrogens with zero attached hydrogens (tertiary/aromatic N) is 2. The topological polar surface area (TPSA) is 67.3 Å². The fourth-order valence-electron chi connectivity index (χ4n) is 1.38. The molecule has 0 saturated carbocycles. The van der Waals surface area contributed by atoms with Crippen LogP contribution in [-0.2, 0) is 4.74 Å². The Hall–Kier alpha value is -1.20. The molecule has 0 aliphatic carbocycles. The standard InChI is InChI=1S/C9H13N3O2/c13-9(1-4-14-7-9)6-12-8-5-10-2-3-11-8/h2-3,5,13H,1,4,6-7H2,(H,11,12). The van der Waals surface area contributed by atoms with Gasteiger partial charge in [-0.2, -0.15) is 0 Å². The molecule has 1 fully saturated rings. The quantitative estimate of drug-likeness (QED) is 0.712. The largest absolute Gasteiger partial charge is 0.386 e. The Bertz CT molecular complexity index is 285. The molecule has 1 aliphatic rings. The van der Waals surface area contributed by atoms with Crippen molar-refractivity contribution in [3.05, 3.63) is 18.6 Å². The minimum absolute atomic E-state index is 0.389. The van der Waals surface area contributed by atoms with Crippen LogP contribution in [0.3, 0.4) is 0 Å². The van der Waals surface area contributed by atoms with Crippen molar-refractivity contribution in [1.29, 1.82) is 0 Å². The first-order chi connectivity index (χ1) is 6.79. The first-order valence-electron chi connectivity index (χ1n) is 4.59. The zero-order valence-electron chi connectivity index (χ0n) is 7.81. The van der Waals surface area contributed by atoms with Gasteiger partial charge in [0.15, 0.2) is 0 Å². The van der Waals surface area contributed by atoms with Crippen molar-refractivity contribution in [3.8, 4) is 0 Å². The molecule has 76 valence electrons. The molecule has 1 aromatic heterocycles. The number of nitrogens with one attached hydrogen (secondary N) is 1. The summed E-state index contributed by atoms with van der Waals surface area (Å²) in [6.45, 7) is 1.46. The van der Waals surface area contributed by atoms with Crippen LogP contribution in [-0.4, -0.2) is 40.4 Å². The van der Waals surface area contributed by atoms with Gasteiger partial charge in [0.1, 0.15) is 11.4 Å². The lowest BCUT2D eigenvalue weighted by molar-refractivity contribution is 0.0381. The van der Waals surface area contributed by atoms with Crippen LogP contribution < -0.4 is 5.32 Å². The van der Waals surface area contributed by atoms with Crippen LogP contribution in [0.4, 0.5) is 5.82 Å². The molecule has 1 saturated heterocycles. The summed E-state index contributed by atoms with van der Waals surface area (Å²) in [5, 5.41) is 12.9. The van der Waals surface area contributed by atoms with Crippen molar-refractivity contribution in [1.82, 2.24) is 9.97 Å². The molecular weight excluding hydrogens is 182 g/mol. The highest BCUT2D eigenvalue weighted by molar-refractivity contribution is 5.30. The number of hydrogen-bond donors (Lipinski definition) is 2. The Balaban J connectivity index is 1.88. The van der Waals surface area contributed by atoms with Gasteiger partial charge in [0, 0.05) is 32.0 Å². The zero-order chi connectivity index (χ0) is 9.86. The van der Waals surface area contributed by atoms with E-state index in [4.69, 9.17) is 4.74 Å². The monoisotopic (exact) mass is 195 g/mol. The molecule has 0 bridgehead atoms. The maximum atomic E-state index is 9.92. The van der Waals surface area contributed by atoms with Crippen molar-refractivity contribution in [2.75, 3.05) is 25.1 Å². The molecular formula is C9H13N3O2. The average Bonchev–Trinajstić information content (AvgIpc) is 2.65. The molecule has 2 rings (SSSR count). The number of rotatable bonds is 3. The summed E-state index contributed by atoms with van der Waals surface area (Å²) in [5.41, 5.74) is -0.752. The third-order valence-electron chi connectivity index (χ3n) is 2.24. The van der Waals surface area contributed by atoms with Gasteiger partial charge >= 0.3 is 0 Å². The minimum atomic E-state index is -0.752. The average molecular weight is 195 g/mol. The zero-order valence-corrected chi connectivity index (χ0v) is 7.81. The highest BCUT2D eigenvalue weighted by Crippen LogP contribution is 2.18. The summed E-state index contributed by atoms with van der Waals surface area (Å²) in [6, 6.07) is 0. The summed E-state index contributed by atoms with van der Waals surface area (Å²) in [6.07, 6.45) is 5.51. The maximum absolute atomic E-state index is 9.92. The molecule has 0 aromatic carbocycles. The highest BCUT2D eigenvalue weighted by Gasteiger charge is 2.31. The fraction of sp³-hybridized carbons (Fsp3) is 0.556. The summed E-state index contributed by atoms with van der Waals surface area (Å²) >= 11 is 0. The van der Waals surface area contributed by atoms with Crippen LogP contribution in [0.25, 0.3) is 0 Å². The van der Waals surface area contributed by atoms with Crippen LogP contribution >= 0.6 is 0 Å². The lowest BCUT2D eigenvalue weighted by Crippen LogP contribution is -2.37. The van der Waals surface area contributed by atoms with E-state index in [-0.39, 0.29) is 0 Å².